The van der Waals surface area contributed by atoms with Crippen LogP contribution in [0.15, 0.2) is 29.2 Å². The van der Waals surface area contributed by atoms with Gasteiger partial charge in [0.05, 0.1) is 12.7 Å². The van der Waals surface area contributed by atoms with Crippen LogP contribution in [-0.2, 0) is 14.8 Å². The Bertz CT molecular complexity index is 632. The molecule has 0 bridgehead atoms. The maximum absolute atomic E-state index is 12.7. The second kappa shape index (κ2) is 6.05. The topological polar surface area (TPSA) is 55.8 Å². The van der Waals surface area contributed by atoms with Crippen molar-refractivity contribution in [3.05, 3.63) is 24.3 Å². The fraction of sp³-hybridized carbons (Fsp3) is 0.538. The number of benzene rings is 1. The molecule has 2 atom stereocenters. The van der Waals surface area contributed by atoms with E-state index in [1.54, 1.807) is 13.8 Å². The Morgan fingerprint density at radius 2 is 1.91 bits per heavy atom. The quantitative estimate of drug-likeness (QED) is 0.848. The molecule has 1 aliphatic rings. The summed E-state index contributed by atoms with van der Waals surface area (Å²) in [5, 5.41) is 0. The number of para-hydroxylation sites is 1. The van der Waals surface area contributed by atoms with Gasteiger partial charge >= 0.3 is 6.36 Å². The van der Waals surface area contributed by atoms with E-state index in [-0.39, 0.29) is 19.3 Å². The molecule has 9 heteroatoms. The molecule has 124 valence electrons. The molecule has 0 spiro atoms. The van der Waals surface area contributed by atoms with E-state index in [4.69, 9.17) is 4.74 Å². The molecule has 1 aromatic carbocycles. The molecule has 5 nitrogen and oxygen atoms in total. The molecule has 0 saturated carbocycles. The SMILES string of the molecule is C[C@@H]1CN(S(=O)(=O)c2ccccc2OC(F)(F)F)[C@@H](C)CO1. The number of hydrogen-bond donors (Lipinski definition) is 0. The van der Waals surface area contributed by atoms with Gasteiger partial charge < -0.3 is 9.47 Å². The lowest BCUT2D eigenvalue weighted by Crippen LogP contribution is -2.50. The van der Waals surface area contributed by atoms with Crippen LogP contribution in [0.5, 0.6) is 5.75 Å². The highest BCUT2D eigenvalue weighted by atomic mass is 32.2. The maximum atomic E-state index is 12.7. The summed E-state index contributed by atoms with van der Waals surface area (Å²) in [6.45, 7) is 3.59. The number of ether oxygens (including phenoxy) is 2. The van der Waals surface area contributed by atoms with Crippen molar-refractivity contribution in [3.8, 4) is 5.75 Å². The number of halogens is 3. The maximum Gasteiger partial charge on any atom is 0.573 e. The minimum atomic E-state index is -4.96. The van der Waals surface area contributed by atoms with Crippen molar-refractivity contribution in [3.63, 3.8) is 0 Å². The molecular formula is C13H16F3NO4S. The Labute approximate surface area is 126 Å². The fourth-order valence-electron chi connectivity index (χ4n) is 2.21. The zero-order valence-electron chi connectivity index (χ0n) is 12.0. The molecular weight excluding hydrogens is 323 g/mol. The van der Waals surface area contributed by atoms with Crippen LogP contribution in [0.4, 0.5) is 13.2 Å². The molecule has 1 fully saturated rings. The van der Waals surface area contributed by atoms with Crippen molar-refractivity contribution in [1.29, 1.82) is 0 Å². The van der Waals surface area contributed by atoms with Gasteiger partial charge in [-0.15, -0.1) is 13.2 Å². The summed E-state index contributed by atoms with van der Waals surface area (Å²) in [6.07, 6.45) is -5.29. The van der Waals surface area contributed by atoms with Crippen molar-refractivity contribution in [2.24, 2.45) is 0 Å². The molecule has 1 aliphatic heterocycles. The van der Waals surface area contributed by atoms with Crippen LogP contribution >= 0.6 is 0 Å². The Kier molecular flexibility index (Phi) is 4.69. The van der Waals surface area contributed by atoms with Gasteiger partial charge in [0, 0.05) is 12.6 Å². The standard InChI is InChI=1S/C13H16F3NO4S/c1-9-8-20-10(2)7-17(9)22(18,19)12-6-4-3-5-11(12)21-13(14,15)16/h3-6,9-10H,7-8H2,1-2H3/t9-,10+/m0/s1. The molecule has 0 aliphatic carbocycles. The molecule has 1 saturated heterocycles. The molecule has 0 aromatic heterocycles. The third-order valence-electron chi connectivity index (χ3n) is 3.21. The summed E-state index contributed by atoms with van der Waals surface area (Å²) in [7, 11) is -4.12. The van der Waals surface area contributed by atoms with Gasteiger partial charge in [0.25, 0.3) is 0 Å². The highest BCUT2D eigenvalue weighted by Crippen LogP contribution is 2.32. The molecule has 22 heavy (non-hydrogen) atoms. The van der Waals surface area contributed by atoms with E-state index >= 15 is 0 Å². The summed E-state index contributed by atoms with van der Waals surface area (Å²) >= 11 is 0. The highest BCUT2D eigenvalue weighted by Gasteiger charge is 2.38. The second-order valence-corrected chi connectivity index (χ2v) is 6.92. The lowest BCUT2D eigenvalue weighted by molar-refractivity contribution is -0.275. The normalized spacial score (nSPS) is 24.2. The Morgan fingerprint density at radius 1 is 1.27 bits per heavy atom. The van der Waals surface area contributed by atoms with Crippen molar-refractivity contribution in [1.82, 2.24) is 4.31 Å². The Hall–Kier alpha value is -1.32. The van der Waals surface area contributed by atoms with Crippen LogP contribution in [-0.4, -0.2) is 44.4 Å². The second-order valence-electron chi connectivity index (χ2n) is 5.06. The van der Waals surface area contributed by atoms with Crippen molar-refractivity contribution in [2.45, 2.75) is 37.3 Å². The molecule has 0 radical (unpaired) electrons. The first-order valence-electron chi connectivity index (χ1n) is 6.59. The van der Waals surface area contributed by atoms with Crippen LogP contribution in [0.25, 0.3) is 0 Å². The Balaban J connectivity index is 2.41. The molecule has 0 unspecified atom stereocenters. The van der Waals surface area contributed by atoms with Gasteiger partial charge in [-0.05, 0) is 26.0 Å². The van der Waals surface area contributed by atoms with Crippen LogP contribution in [0.1, 0.15) is 13.8 Å². The van der Waals surface area contributed by atoms with Crippen LogP contribution in [0.3, 0.4) is 0 Å². The zero-order valence-corrected chi connectivity index (χ0v) is 12.8. The van der Waals surface area contributed by atoms with E-state index in [0.717, 1.165) is 16.4 Å². The van der Waals surface area contributed by atoms with Crippen molar-refractivity contribution >= 4 is 10.0 Å². The van der Waals surface area contributed by atoms with Gasteiger partial charge in [0.2, 0.25) is 10.0 Å². The minimum absolute atomic E-state index is 0.0733. The van der Waals surface area contributed by atoms with E-state index in [0.29, 0.717) is 0 Å². The van der Waals surface area contributed by atoms with E-state index in [1.165, 1.54) is 12.1 Å². The van der Waals surface area contributed by atoms with E-state index in [2.05, 4.69) is 4.74 Å². The summed E-state index contributed by atoms with van der Waals surface area (Å²) in [5.41, 5.74) is 0. The number of rotatable bonds is 3. The highest BCUT2D eigenvalue weighted by molar-refractivity contribution is 7.89. The summed E-state index contributed by atoms with van der Waals surface area (Å²) < 4.78 is 73.0. The Morgan fingerprint density at radius 3 is 2.55 bits per heavy atom. The van der Waals surface area contributed by atoms with Gasteiger partial charge in [-0.25, -0.2) is 8.42 Å². The molecule has 0 amide bonds. The van der Waals surface area contributed by atoms with Crippen molar-refractivity contribution < 1.29 is 31.1 Å². The number of hydrogen-bond acceptors (Lipinski definition) is 4. The molecule has 1 heterocycles. The summed E-state index contributed by atoms with van der Waals surface area (Å²) in [6, 6.07) is 4.24. The van der Waals surface area contributed by atoms with Gasteiger partial charge in [0.15, 0.2) is 0 Å². The van der Waals surface area contributed by atoms with Crippen molar-refractivity contribution in [2.75, 3.05) is 13.2 Å². The third kappa shape index (κ3) is 3.71. The monoisotopic (exact) mass is 339 g/mol. The largest absolute Gasteiger partial charge is 0.573 e. The number of sulfonamides is 1. The predicted octanol–water partition coefficient (Wildman–Crippen LogP) is 2.38. The van der Waals surface area contributed by atoms with Gasteiger partial charge in [-0.1, -0.05) is 12.1 Å². The van der Waals surface area contributed by atoms with Crippen LogP contribution in [0.2, 0.25) is 0 Å². The average molecular weight is 339 g/mol. The first kappa shape index (κ1) is 17.0. The molecule has 2 rings (SSSR count). The molecule has 0 N–H and O–H groups in total. The van der Waals surface area contributed by atoms with E-state index < -0.39 is 33.1 Å². The third-order valence-corrected chi connectivity index (χ3v) is 5.23. The summed E-state index contributed by atoms with van der Waals surface area (Å²) in [5.74, 6) is -0.735. The molecule has 1 aromatic rings. The lowest BCUT2D eigenvalue weighted by Gasteiger charge is -2.35. The number of alkyl halides is 3. The van der Waals surface area contributed by atoms with Crippen LogP contribution < -0.4 is 4.74 Å². The van der Waals surface area contributed by atoms with Gasteiger partial charge in [0.1, 0.15) is 10.6 Å². The fourth-order valence-corrected chi connectivity index (χ4v) is 4.01. The first-order valence-corrected chi connectivity index (χ1v) is 8.03. The number of morpholine rings is 1. The van der Waals surface area contributed by atoms with Gasteiger partial charge in [-0.3, -0.25) is 0 Å². The first-order chi connectivity index (χ1) is 10.1. The average Bonchev–Trinajstić information content (AvgIpc) is 2.40. The van der Waals surface area contributed by atoms with Gasteiger partial charge in [-0.2, -0.15) is 4.31 Å². The predicted molar refractivity (Wildman–Crippen MR) is 71.9 cm³/mol. The van der Waals surface area contributed by atoms with Crippen LogP contribution in [0, 0.1) is 0 Å². The minimum Gasteiger partial charge on any atom is -0.404 e. The van der Waals surface area contributed by atoms with E-state index in [1.807, 2.05) is 0 Å². The lowest BCUT2D eigenvalue weighted by atomic mass is 10.2. The summed E-state index contributed by atoms with van der Waals surface area (Å²) in [4.78, 5) is -0.506. The van der Waals surface area contributed by atoms with E-state index in [9.17, 15) is 21.6 Å². The smallest absolute Gasteiger partial charge is 0.404 e. The number of nitrogens with zero attached hydrogens (tertiary/aromatic N) is 1. The zero-order chi connectivity index (χ0) is 16.5.